The van der Waals surface area contributed by atoms with E-state index in [0.717, 1.165) is 27.8 Å². The molecule has 102 valence electrons. The second kappa shape index (κ2) is 5.51. The number of hydrogen-bond acceptors (Lipinski definition) is 2. The fourth-order valence-corrected chi connectivity index (χ4v) is 2.84. The second-order valence-electron chi connectivity index (χ2n) is 4.48. The molecule has 3 aromatic rings. The Labute approximate surface area is 130 Å². The van der Waals surface area contributed by atoms with Crippen LogP contribution in [0.5, 0.6) is 5.75 Å². The molecule has 0 spiro atoms. The Morgan fingerprint density at radius 1 is 1.05 bits per heavy atom. The van der Waals surface area contributed by atoms with Crippen LogP contribution in [-0.4, -0.2) is 7.11 Å². The minimum Gasteiger partial charge on any atom is -0.497 e. The zero-order valence-corrected chi connectivity index (χ0v) is 13.1. The van der Waals surface area contributed by atoms with Crippen molar-refractivity contribution in [1.29, 1.82) is 0 Å². The number of ether oxygens (including phenoxy) is 1. The van der Waals surface area contributed by atoms with Crippen molar-refractivity contribution in [2.45, 2.75) is 4.83 Å². The summed E-state index contributed by atoms with van der Waals surface area (Å²) in [6.07, 6.45) is 0. The van der Waals surface area contributed by atoms with Gasteiger partial charge in [-0.1, -0.05) is 34.1 Å². The first-order chi connectivity index (χ1) is 9.67. The van der Waals surface area contributed by atoms with E-state index < -0.39 is 0 Å². The zero-order valence-electron chi connectivity index (χ0n) is 10.8. The average Bonchev–Trinajstić information content (AvgIpc) is 2.92. The van der Waals surface area contributed by atoms with Crippen molar-refractivity contribution in [3.8, 4) is 5.75 Å². The Hall–Kier alpha value is -1.45. The fourth-order valence-electron chi connectivity index (χ4n) is 2.16. The van der Waals surface area contributed by atoms with Crippen LogP contribution in [0.15, 0.2) is 52.9 Å². The molecule has 0 aliphatic carbocycles. The highest BCUT2D eigenvalue weighted by Crippen LogP contribution is 2.34. The third-order valence-electron chi connectivity index (χ3n) is 3.21. The van der Waals surface area contributed by atoms with Gasteiger partial charge in [0.1, 0.15) is 11.5 Å². The lowest BCUT2D eigenvalue weighted by molar-refractivity contribution is 0.415. The van der Waals surface area contributed by atoms with Crippen molar-refractivity contribution in [3.05, 3.63) is 65.1 Å². The largest absolute Gasteiger partial charge is 0.497 e. The first-order valence-corrected chi connectivity index (χ1v) is 7.44. The molecule has 1 heterocycles. The molecule has 1 unspecified atom stereocenters. The summed E-state index contributed by atoms with van der Waals surface area (Å²) in [7, 11) is 1.67. The van der Waals surface area contributed by atoms with E-state index >= 15 is 0 Å². The minimum absolute atomic E-state index is 0.0125. The molecular weight excluding hydrogens is 340 g/mol. The molecular formula is C16H12BrClO2. The number of methoxy groups -OCH3 is 1. The first kappa shape index (κ1) is 13.5. The number of furan rings is 1. The fraction of sp³-hybridized carbons (Fsp3) is 0.125. The molecule has 0 N–H and O–H groups in total. The first-order valence-electron chi connectivity index (χ1n) is 6.14. The minimum atomic E-state index is -0.0125. The van der Waals surface area contributed by atoms with Crippen molar-refractivity contribution >= 4 is 38.3 Å². The highest BCUT2D eigenvalue weighted by atomic mass is 79.9. The van der Waals surface area contributed by atoms with Gasteiger partial charge in [0.2, 0.25) is 0 Å². The second-order valence-corrected chi connectivity index (χ2v) is 5.77. The Kier molecular flexibility index (Phi) is 3.72. The van der Waals surface area contributed by atoms with Crippen molar-refractivity contribution in [2.24, 2.45) is 0 Å². The summed E-state index contributed by atoms with van der Waals surface area (Å²) in [6, 6.07) is 15.9. The summed E-state index contributed by atoms with van der Waals surface area (Å²) in [5.74, 6) is 1.65. The van der Waals surface area contributed by atoms with Crippen LogP contribution in [0.25, 0.3) is 10.8 Å². The van der Waals surface area contributed by atoms with Crippen molar-refractivity contribution in [3.63, 3.8) is 0 Å². The van der Waals surface area contributed by atoms with Crippen LogP contribution in [0.4, 0.5) is 0 Å². The number of halogens is 2. The Morgan fingerprint density at radius 3 is 2.50 bits per heavy atom. The Morgan fingerprint density at radius 2 is 1.80 bits per heavy atom. The molecule has 0 saturated carbocycles. The van der Waals surface area contributed by atoms with E-state index in [9.17, 15) is 0 Å². The predicted molar refractivity (Wildman–Crippen MR) is 85.0 cm³/mol. The molecule has 0 radical (unpaired) electrons. The van der Waals surface area contributed by atoms with Gasteiger partial charge in [-0.05, 0) is 58.3 Å². The maximum absolute atomic E-state index is 5.82. The van der Waals surface area contributed by atoms with Gasteiger partial charge in [-0.25, -0.2) is 0 Å². The van der Waals surface area contributed by atoms with Gasteiger partial charge in [0.25, 0.3) is 0 Å². The van der Waals surface area contributed by atoms with Crippen molar-refractivity contribution < 1.29 is 9.15 Å². The third kappa shape index (κ3) is 2.56. The third-order valence-corrected chi connectivity index (χ3v) is 4.39. The van der Waals surface area contributed by atoms with Gasteiger partial charge in [0.15, 0.2) is 5.22 Å². The molecule has 0 fully saturated rings. The van der Waals surface area contributed by atoms with Crippen LogP contribution in [0, 0.1) is 0 Å². The SMILES string of the molecule is COc1ccc2cc(C(Br)c3ccc(Cl)o3)ccc2c1. The summed E-state index contributed by atoms with van der Waals surface area (Å²) in [6.45, 7) is 0. The quantitative estimate of drug-likeness (QED) is 0.575. The lowest BCUT2D eigenvalue weighted by Crippen LogP contribution is -1.91. The maximum Gasteiger partial charge on any atom is 0.193 e. The number of hydrogen-bond donors (Lipinski definition) is 0. The molecule has 4 heteroatoms. The van der Waals surface area contributed by atoms with Crippen LogP contribution < -0.4 is 4.74 Å². The highest BCUT2D eigenvalue weighted by molar-refractivity contribution is 9.09. The van der Waals surface area contributed by atoms with E-state index in [2.05, 4.69) is 34.1 Å². The molecule has 2 nitrogen and oxygen atoms in total. The lowest BCUT2D eigenvalue weighted by atomic mass is 10.0. The number of rotatable bonds is 3. The number of alkyl halides is 1. The van der Waals surface area contributed by atoms with Crippen LogP contribution in [0.2, 0.25) is 5.22 Å². The van der Waals surface area contributed by atoms with Gasteiger partial charge in [-0.3, -0.25) is 0 Å². The predicted octanol–water partition coefficient (Wildman–Crippen LogP) is 5.58. The van der Waals surface area contributed by atoms with E-state index in [1.54, 1.807) is 13.2 Å². The van der Waals surface area contributed by atoms with E-state index in [1.165, 1.54) is 0 Å². The monoisotopic (exact) mass is 350 g/mol. The van der Waals surface area contributed by atoms with Gasteiger partial charge >= 0.3 is 0 Å². The van der Waals surface area contributed by atoms with Crippen LogP contribution in [0.3, 0.4) is 0 Å². The van der Waals surface area contributed by atoms with E-state index in [4.69, 9.17) is 20.8 Å². The zero-order chi connectivity index (χ0) is 14.1. The van der Waals surface area contributed by atoms with Gasteiger partial charge in [-0.2, -0.15) is 0 Å². The summed E-state index contributed by atoms with van der Waals surface area (Å²) in [4.78, 5) is -0.0125. The maximum atomic E-state index is 5.82. The molecule has 0 aliphatic rings. The van der Waals surface area contributed by atoms with Crippen LogP contribution in [0.1, 0.15) is 16.2 Å². The summed E-state index contributed by atoms with van der Waals surface area (Å²) < 4.78 is 10.7. The van der Waals surface area contributed by atoms with Crippen molar-refractivity contribution in [1.82, 2.24) is 0 Å². The Bertz CT molecular complexity index is 751. The van der Waals surface area contributed by atoms with Crippen molar-refractivity contribution in [2.75, 3.05) is 7.11 Å². The molecule has 2 aromatic carbocycles. The van der Waals surface area contributed by atoms with Gasteiger partial charge in [0, 0.05) is 0 Å². The standard InChI is InChI=1S/C16H12BrClO2/c1-19-13-5-4-10-8-12(3-2-11(10)9-13)16(17)14-6-7-15(18)20-14/h2-9,16H,1H3. The van der Waals surface area contributed by atoms with Gasteiger partial charge in [-0.15, -0.1) is 0 Å². The summed E-state index contributed by atoms with van der Waals surface area (Å²) in [5.41, 5.74) is 1.12. The molecule has 3 rings (SSSR count). The van der Waals surface area contributed by atoms with E-state index in [-0.39, 0.29) is 4.83 Å². The van der Waals surface area contributed by atoms with Crippen LogP contribution >= 0.6 is 27.5 Å². The molecule has 0 amide bonds. The van der Waals surface area contributed by atoms with E-state index in [1.807, 2.05) is 24.3 Å². The molecule has 0 aliphatic heterocycles. The molecule has 1 atom stereocenters. The molecule has 20 heavy (non-hydrogen) atoms. The van der Waals surface area contributed by atoms with Crippen LogP contribution in [-0.2, 0) is 0 Å². The summed E-state index contributed by atoms with van der Waals surface area (Å²) in [5, 5.41) is 2.70. The normalized spacial score (nSPS) is 12.6. The molecule has 1 aromatic heterocycles. The van der Waals surface area contributed by atoms with Gasteiger partial charge in [0.05, 0.1) is 11.9 Å². The smallest absolute Gasteiger partial charge is 0.193 e. The number of fused-ring (bicyclic) bond motifs is 1. The Balaban J connectivity index is 2.00. The highest BCUT2D eigenvalue weighted by Gasteiger charge is 2.14. The van der Waals surface area contributed by atoms with Gasteiger partial charge < -0.3 is 9.15 Å². The van der Waals surface area contributed by atoms with E-state index in [0.29, 0.717) is 5.22 Å². The number of benzene rings is 2. The molecule has 0 bridgehead atoms. The lowest BCUT2D eigenvalue weighted by Gasteiger charge is -2.09. The average molecular weight is 352 g/mol. The molecule has 0 saturated heterocycles. The topological polar surface area (TPSA) is 22.4 Å². The summed E-state index contributed by atoms with van der Waals surface area (Å²) >= 11 is 9.46.